The Bertz CT molecular complexity index is 1000. The maximum absolute atomic E-state index is 13.7. The van der Waals surface area contributed by atoms with Crippen LogP contribution in [-0.2, 0) is 11.2 Å². The molecule has 5 heteroatoms. The summed E-state index contributed by atoms with van der Waals surface area (Å²) in [5, 5.41) is 20.0. The van der Waals surface area contributed by atoms with E-state index in [1.165, 1.54) is 6.07 Å². The van der Waals surface area contributed by atoms with Gasteiger partial charge in [-0.3, -0.25) is 4.79 Å². The number of phenolic OH excluding ortho intramolecular Hbond substituents is 1. The molecule has 2 aromatic carbocycles. The maximum atomic E-state index is 13.7. The van der Waals surface area contributed by atoms with Crippen molar-refractivity contribution in [2.75, 3.05) is 0 Å². The number of carboxylic acids is 1. The van der Waals surface area contributed by atoms with E-state index in [2.05, 4.69) is 0 Å². The van der Waals surface area contributed by atoms with Gasteiger partial charge < -0.3 is 14.8 Å². The zero-order valence-electron chi connectivity index (χ0n) is 13.8. The van der Waals surface area contributed by atoms with E-state index in [1.54, 1.807) is 37.3 Å². The summed E-state index contributed by atoms with van der Waals surface area (Å²) in [6, 6.07) is 9.93. The van der Waals surface area contributed by atoms with Gasteiger partial charge in [-0.15, -0.1) is 0 Å². The summed E-state index contributed by atoms with van der Waals surface area (Å²) >= 11 is 0. The van der Waals surface area contributed by atoms with Crippen molar-refractivity contribution < 1.29 is 19.4 Å². The second-order valence-electron chi connectivity index (χ2n) is 6.68. The van der Waals surface area contributed by atoms with Crippen molar-refractivity contribution in [2.24, 2.45) is 0 Å². The lowest BCUT2D eigenvalue weighted by Crippen LogP contribution is -2.05. The minimum Gasteiger partial charge on any atom is -0.508 e. The molecule has 0 bridgehead atoms. The van der Waals surface area contributed by atoms with Gasteiger partial charge >= 0.3 is 5.97 Å². The largest absolute Gasteiger partial charge is 0.508 e. The van der Waals surface area contributed by atoms with E-state index in [-0.39, 0.29) is 18.0 Å². The number of carbonyl (C=O) groups is 1. The van der Waals surface area contributed by atoms with Crippen LogP contribution in [0, 0.1) is 12.7 Å². The van der Waals surface area contributed by atoms with Crippen molar-refractivity contribution in [1.29, 1.82) is 0 Å². The number of aromatic nitrogens is 1. The van der Waals surface area contributed by atoms with Crippen molar-refractivity contribution >= 4 is 16.9 Å². The van der Waals surface area contributed by atoms with Crippen molar-refractivity contribution in [2.45, 2.75) is 32.1 Å². The standard InChI is InChI=1S/C20H18FNO3/c1-11-8-13(4-6-17(11)21)22-18-7-5-14(23)9-15(18)16(10-19(24)25)20(22)12-2-3-12/h4-9,12,23H,2-3,10H2,1H3,(H,24,25). The Morgan fingerprint density at radius 3 is 2.64 bits per heavy atom. The third-order valence-corrected chi connectivity index (χ3v) is 4.79. The van der Waals surface area contributed by atoms with Crippen molar-refractivity contribution in [1.82, 2.24) is 4.57 Å². The summed E-state index contributed by atoms with van der Waals surface area (Å²) in [6.45, 7) is 1.71. The number of rotatable bonds is 4. The summed E-state index contributed by atoms with van der Waals surface area (Å²) in [5.74, 6) is -0.764. The minimum atomic E-state index is -0.903. The predicted molar refractivity (Wildman–Crippen MR) is 92.9 cm³/mol. The number of aromatic hydroxyl groups is 1. The van der Waals surface area contributed by atoms with E-state index in [9.17, 15) is 19.4 Å². The van der Waals surface area contributed by atoms with Crippen LogP contribution in [0.5, 0.6) is 5.75 Å². The van der Waals surface area contributed by atoms with Gasteiger partial charge in [-0.25, -0.2) is 4.39 Å². The molecule has 4 nitrogen and oxygen atoms in total. The zero-order chi connectivity index (χ0) is 17.7. The molecule has 0 spiro atoms. The molecule has 1 aromatic heterocycles. The smallest absolute Gasteiger partial charge is 0.307 e. The quantitative estimate of drug-likeness (QED) is 0.745. The Morgan fingerprint density at radius 1 is 1.24 bits per heavy atom. The molecular formula is C20H18FNO3. The molecule has 1 fully saturated rings. The Labute approximate surface area is 144 Å². The second kappa shape index (κ2) is 5.62. The molecule has 128 valence electrons. The van der Waals surface area contributed by atoms with Gasteiger partial charge in [0.15, 0.2) is 0 Å². The highest BCUT2D eigenvalue weighted by atomic mass is 19.1. The Morgan fingerprint density at radius 2 is 2.00 bits per heavy atom. The average molecular weight is 339 g/mol. The molecule has 1 aliphatic rings. The van der Waals surface area contributed by atoms with Crippen LogP contribution < -0.4 is 0 Å². The van der Waals surface area contributed by atoms with E-state index in [0.717, 1.165) is 40.7 Å². The lowest BCUT2D eigenvalue weighted by atomic mass is 10.0. The number of carboxylic acid groups (broad SMARTS) is 1. The van der Waals surface area contributed by atoms with Crippen LogP contribution in [0.3, 0.4) is 0 Å². The third kappa shape index (κ3) is 2.65. The van der Waals surface area contributed by atoms with Crippen molar-refractivity contribution in [3.8, 4) is 11.4 Å². The molecule has 0 unspecified atom stereocenters. The topological polar surface area (TPSA) is 62.5 Å². The van der Waals surface area contributed by atoms with Crippen molar-refractivity contribution in [3.05, 3.63) is 59.0 Å². The van der Waals surface area contributed by atoms with Gasteiger partial charge in [0.05, 0.1) is 11.9 Å². The monoisotopic (exact) mass is 339 g/mol. The predicted octanol–water partition coefficient (Wildman–Crippen LogP) is 4.29. The van der Waals surface area contributed by atoms with Gasteiger partial charge in [0.25, 0.3) is 0 Å². The van der Waals surface area contributed by atoms with Crippen LogP contribution in [0.1, 0.15) is 35.6 Å². The van der Waals surface area contributed by atoms with Crippen LogP contribution in [0.25, 0.3) is 16.6 Å². The van der Waals surface area contributed by atoms with Crippen LogP contribution in [0.2, 0.25) is 0 Å². The Hall–Kier alpha value is -2.82. The second-order valence-corrected chi connectivity index (χ2v) is 6.68. The first kappa shape index (κ1) is 15.7. The summed E-state index contributed by atoms with van der Waals surface area (Å²) in [4.78, 5) is 11.4. The summed E-state index contributed by atoms with van der Waals surface area (Å²) < 4.78 is 15.7. The van der Waals surface area contributed by atoms with Gasteiger partial charge in [0, 0.05) is 16.8 Å². The van der Waals surface area contributed by atoms with Crippen LogP contribution in [-0.4, -0.2) is 20.7 Å². The fourth-order valence-corrected chi connectivity index (χ4v) is 3.53. The molecule has 2 N–H and O–H groups in total. The highest BCUT2D eigenvalue weighted by Gasteiger charge is 2.33. The van der Waals surface area contributed by atoms with Gasteiger partial charge in [-0.05, 0) is 73.2 Å². The zero-order valence-corrected chi connectivity index (χ0v) is 13.8. The van der Waals surface area contributed by atoms with Crippen LogP contribution >= 0.6 is 0 Å². The van der Waals surface area contributed by atoms with Gasteiger partial charge in [-0.1, -0.05) is 0 Å². The van der Waals surface area contributed by atoms with Crippen molar-refractivity contribution in [3.63, 3.8) is 0 Å². The lowest BCUT2D eigenvalue weighted by molar-refractivity contribution is -0.136. The van der Waals surface area contributed by atoms with E-state index in [0.29, 0.717) is 11.5 Å². The van der Waals surface area contributed by atoms with E-state index < -0.39 is 5.97 Å². The Kier molecular flexibility index (Phi) is 3.53. The Balaban J connectivity index is 2.06. The number of benzene rings is 2. The molecule has 0 radical (unpaired) electrons. The summed E-state index contributed by atoms with van der Waals surface area (Å²) in [5.41, 5.74) is 3.90. The number of phenols is 1. The van der Waals surface area contributed by atoms with E-state index >= 15 is 0 Å². The number of fused-ring (bicyclic) bond motifs is 1. The molecule has 1 saturated carbocycles. The van der Waals surface area contributed by atoms with Gasteiger partial charge in [-0.2, -0.15) is 0 Å². The molecule has 25 heavy (non-hydrogen) atoms. The minimum absolute atomic E-state index is 0.0983. The lowest BCUT2D eigenvalue weighted by Gasteiger charge is -2.13. The number of hydrogen-bond acceptors (Lipinski definition) is 2. The number of aryl methyl sites for hydroxylation is 1. The number of hydrogen-bond donors (Lipinski definition) is 2. The van der Waals surface area contributed by atoms with E-state index in [1.807, 2.05) is 4.57 Å². The number of halogens is 1. The maximum Gasteiger partial charge on any atom is 0.307 e. The first-order valence-corrected chi connectivity index (χ1v) is 8.30. The fraction of sp³-hybridized carbons (Fsp3) is 0.250. The molecule has 0 aliphatic heterocycles. The van der Waals surface area contributed by atoms with Gasteiger partial charge in [0.2, 0.25) is 0 Å². The average Bonchev–Trinajstić information content (AvgIpc) is 3.34. The fourth-order valence-electron chi connectivity index (χ4n) is 3.53. The molecule has 4 rings (SSSR count). The van der Waals surface area contributed by atoms with Crippen LogP contribution in [0.15, 0.2) is 36.4 Å². The van der Waals surface area contributed by atoms with Crippen LogP contribution in [0.4, 0.5) is 4.39 Å². The highest BCUT2D eigenvalue weighted by Crippen LogP contribution is 2.46. The SMILES string of the molecule is Cc1cc(-n2c(C3CC3)c(CC(=O)O)c3cc(O)ccc32)ccc1F. The first-order chi connectivity index (χ1) is 12.0. The van der Waals surface area contributed by atoms with Gasteiger partial charge in [0.1, 0.15) is 11.6 Å². The first-order valence-electron chi connectivity index (χ1n) is 8.30. The third-order valence-electron chi connectivity index (χ3n) is 4.79. The summed E-state index contributed by atoms with van der Waals surface area (Å²) in [7, 11) is 0. The molecular weight excluding hydrogens is 321 g/mol. The summed E-state index contributed by atoms with van der Waals surface area (Å²) in [6.07, 6.45) is 1.92. The molecule has 0 saturated heterocycles. The molecule has 3 aromatic rings. The molecule has 0 atom stereocenters. The number of nitrogens with zero attached hydrogens (tertiary/aromatic N) is 1. The number of aliphatic carboxylic acids is 1. The molecule has 0 amide bonds. The normalized spacial score (nSPS) is 14.2. The molecule has 1 aliphatic carbocycles. The van der Waals surface area contributed by atoms with E-state index in [4.69, 9.17) is 0 Å². The highest BCUT2D eigenvalue weighted by molar-refractivity contribution is 5.92. The molecule has 1 heterocycles.